The number of hydrogen-bond acceptors (Lipinski definition) is 10. The number of aliphatic hydroxyl groups is 3. The molecule has 3 heterocycles. The molecule has 5 rings (SSSR count). The first-order valence-corrected chi connectivity index (χ1v) is 13.5. The predicted molar refractivity (Wildman–Crippen MR) is 141 cm³/mol. The maximum atomic E-state index is 10.8. The van der Waals surface area contributed by atoms with E-state index in [9.17, 15) is 15.3 Å². The van der Waals surface area contributed by atoms with E-state index < -0.39 is 29.8 Å². The third kappa shape index (κ3) is 5.19. The molecule has 5 N–H and O–H groups in total. The Morgan fingerprint density at radius 2 is 1.92 bits per heavy atom. The van der Waals surface area contributed by atoms with Gasteiger partial charge in [-0.1, -0.05) is 12.1 Å². The lowest BCUT2D eigenvalue weighted by atomic mass is 9.88. The van der Waals surface area contributed by atoms with Gasteiger partial charge in [-0.05, 0) is 58.6 Å². The van der Waals surface area contributed by atoms with Crippen molar-refractivity contribution in [2.75, 3.05) is 23.8 Å². The van der Waals surface area contributed by atoms with Gasteiger partial charge >= 0.3 is 0 Å². The van der Waals surface area contributed by atoms with Crippen LogP contribution in [0.25, 0.3) is 20.8 Å². The predicted octanol–water partition coefficient (Wildman–Crippen LogP) is 3.34. The molecule has 1 aliphatic carbocycles. The number of thiazole rings is 1. The van der Waals surface area contributed by atoms with Crippen LogP contribution in [0.15, 0.2) is 24.3 Å². The highest BCUT2D eigenvalue weighted by molar-refractivity contribution is 7.21. The monoisotopic (exact) mass is 513 g/mol. The SMILES string of the molecule is Cc1nc(NCC2CCCCO2)nc(N[C@@H]2C[C@H](C(C)(C)O)[C@@H](O)[C@H]2O)c1-c1nc2ccccc2s1. The molecule has 0 spiro atoms. The highest BCUT2D eigenvalue weighted by Gasteiger charge is 2.48. The average molecular weight is 514 g/mol. The van der Waals surface area contributed by atoms with Crippen molar-refractivity contribution in [1.29, 1.82) is 0 Å². The summed E-state index contributed by atoms with van der Waals surface area (Å²) >= 11 is 1.56. The summed E-state index contributed by atoms with van der Waals surface area (Å²) in [4.78, 5) is 14.3. The lowest BCUT2D eigenvalue weighted by Gasteiger charge is -2.28. The quantitative estimate of drug-likeness (QED) is 0.323. The number of hydrogen-bond donors (Lipinski definition) is 5. The molecule has 36 heavy (non-hydrogen) atoms. The average Bonchev–Trinajstić information content (AvgIpc) is 3.39. The number of benzene rings is 1. The molecule has 1 aromatic carbocycles. The van der Waals surface area contributed by atoms with Crippen LogP contribution in [0.1, 0.15) is 45.2 Å². The molecule has 0 radical (unpaired) electrons. The fourth-order valence-electron chi connectivity index (χ4n) is 5.22. The molecule has 5 atom stereocenters. The smallest absolute Gasteiger partial charge is 0.224 e. The summed E-state index contributed by atoms with van der Waals surface area (Å²) in [6.07, 6.45) is 1.68. The van der Waals surface area contributed by atoms with Crippen molar-refractivity contribution in [2.45, 2.75) is 76.4 Å². The zero-order chi connectivity index (χ0) is 25.4. The second-order valence-corrected chi connectivity index (χ2v) is 11.5. The Balaban J connectivity index is 1.48. The topological polar surface area (TPSA) is 133 Å². The van der Waals surface area contributed by atoms with Crippen molar-refractivity contribution in [3.8, 4) is 10.6 Å². The zero-order valence-corrected chi connectivity index (χ0v) is 21.8. The molecule has 2 aromatic heterocycles. The van der Waals surface area contributed by atoms with Crippen molar-refractivity contribution in [1.82, 2.24) is 15.0 Å². The summed E-state index contributed by atoms with van der Waals surface area (Å²) in [5.74, 6) is 0.544. The maximum Gasteiger partial charge on any atom is 0.224 e. The van der Waals surface area contributed by atoms with E-state index >= 15 is 0 Å². The first-order valence-electron chi connectivity index (χ1n) is 12.7. The minimum atomic E-state index is -1.12. The van der Waals surface area contributed by atoms with Crippen LogP contribution < -0.4 is 10.6 Å². The van der Waals surface area contributed by atoms with Gasteiger partial charge in [-0.3, -0.25) is 0 Å². The van der Waals surface area contributed by atoms with Crippen LogP contribution in [0, 0.1) is 12.8 Å². The standard InChI is InChI=1S/C26H35N5O4S/c1-14-20(24-30-17-9-4-5-10-19(17)36-24)23(29-18-12-16(26(2,3)34)21(32)22(18)33)31-25(28-14)27-13-15-8-6-7-11-35-15/h4-5,9-10,15-16,18,21-22,32-34H,6-8,11-13H2,1-3H3,(H2,27,28,29,31)/t15?,16-,18+,21+,22-/m0/s1. The molecule has 1 unspecified atom stereocenters. The van der Waals surface area contributed by atoms with Crippen LogP contribution >= 0.6 is 11.3 Å². The largest absolute Gasteiger partial charge is 0.390 e. The molecule has 3 aromatic rings. The van der Waals surface area contributed by atoms with Gasteiger partial charge in [-0.2, -0.15) is 4.98 Å². The van der Waals surface area contributed by atoms with E-state index in [1.165, 1.54) is 0 Å². The van der Waals surface area contributed by atoms with E-state index in [1.807, 2.05) is 31.2 Å². The van der Waals surface area contributed by atoms with Gasteiger partial charge in [-0.15, -0.1) is 11.3 Å². The highest BCUT2D eigenvalue weighted by Crippen LogP contribution is 2.40. The number of fused-ring (bicyclic) bond motifs is 1. The zero-order valence-electron chi connectivity index (χ0n) is 20.9. The van der Waals surface area contributed by atoms with Crippen LogP contribution in [-0.2, 0) is 4.74 Å². The van der Waals surface area contributed by atoms with E-state index in [-0.39, 0.29) is 6.10 Å². The summed E-state index contributed by atoms with van der Waals surface area (Å²) in [7, 11) is 0. The van der Waals surface area contributed by atoms with Gasteiger partial charge in [0.25, 0.3) is 0 Å². The van der Waals surface area contributed by atoms with Crippen molar-refractivity contribution >= 4 is 33.3 Å². The number of para-hydroxylation sites is 1. The summed E-state index contributed by atoms with van der Waals surface area (Å²) < 4.78 is 6.90. The number of nitrogens with zero attached hydrogens (tertiary/aromatic N) is 3. The number of anilines is 2. The first-order chi connectivity index (χ1) is 17.2. The molecule has 10 heteroatoms. The van der Waals surface area contributed by atoms with Crippen LogP contribution in [0.3, 0.4) is 0 Å². The molecule has 2 aliphatic rings. The van der Waals surface area contributed by atoms with Gasteiger partial charge in [0.05, 0.1) is 45.3 Å². The Morgan fingerprint density at radius 1 is 1.11 bits per heavy atom. The molecule has 1 saturated carbocycles. The Morgan fingerprint density at radius 3 is 2.61 bits per heavy atom. The molecular weight excluding hydrogens is 478 g/mol. The molecule has 0 amide bonds. The molecule has 2 fully saturated rings. The Labute approximate surface area is 215 Å². The molecule has 1 saturated heterocycles. The van der Waals surface area contributed by atoms with Crippen molar-refractivity contribution < 1.29 is 20.1 Å². The second-order valence-electron chi connectivity index (χ2n) is 10.4. The van der Waals surface area contributed by atoms with E-state index in [4.69, 9.17) is 19.7 Å². The normalized spacial score (nSPS) is 26.9. The van der Waals surface area contributed by atoms with E-state index in [0.717, 1.165) is 52.4 Å². The minimum absolute atomic E-state index is 0.127. The van der Waals surface area contributed by atoms with E-state index in [2.05, 4.69) is 10.6 Å². The second kappa shape index (κ2) is 10.2. The Hall–Kier alpha value is -2.37. The Kier molecular flexibility index (Phi) is 7.15. The number of aliphatic hydroxyl groups excluding tert-OH is 2. The van der Waals surface area contributed by atoms with Gasteiger partial charge in [-0.25, -0.2) is 9.97 Å². The molecule has 1 aliphatic heterocycles. The van der Waals surface area contributed by atoms with E-state index in [0.29, 0.717) is 24.7 Å². The fraction of sp³-hybridized carbons (Fsp3) is 0.577. The number of nitrogens with one attached hydrogen (secondary N) is 2. The third-order valence-electron chi connectivity index (χ3n) is 7.27. The summed E-state index contributed by atoms with van der Waals surface area (Å²) in [5.41, 5.74) is 1.30. The van der Waals surface area contributed by atoms with Crippen molar-refractivity contribution in [3.05, 3.63) is 30.0 Å². The van der Waals surface area contributed by atoms with Gasteiger partial charge in [0.15, 0.2) is 0 Å². The summed E-state index contributed by atoms with van der Waals surface area (Å²) in [6, 6.07) is 7.46. The van der Waals surface area contributed by atoms with Crippen molar-refractivity contribution in [2.24, 2.45) is 5.92 Å². The minimum Gasteiger partial charge on any atom is -0.390 e. The van der Waals surface area contributed by atoms with Crippen LogP contribution in [0.2, 0.25) is 0 Å². The van der Waals surface area contributed by atoms with Gasteiger partial charge in [0.1, 0.15) is 16.9 Å². The number of rotatable bonds is 7. The van der Waals surface area contributed by atoms with Crippen molar-refractivity contribution in [3.63, 3.8) is 0 Å². The summed E-state index contributed by atoms with van der Waals surface area (Å²) in [6.45, 7) is 6.64. The molecule has 0 bridgehead atoms. The van der Waals surface area contributed by atoms with E-state index in [1.54, 1.807) is 25.2 Å². The molecular formula is C26H35N5O4S. The lowest BCUT2D eigenvalue weighted by Crippen LogP contribution is -2.40. The number of ether oxygens (including phenoxy) is 1. The fourth-order valence-corrected chi connectivity index (χ4v) is 6.28. The highest BCUT2D eigenvalue weighted by atomic mass is 32.1. The van der Waals surface area contributed by atoms with Crippen LogP contribution in [0.4, 0.5) is 11.8 Å². The van der Waals surface area contributed by atoms with Gasteiger partial charge < -0.3 is 30.7 Å². The van der Waals surface area contributed by atoms with Gasteiger partial charge in [0.2, 0.25) is 5.95 Å². The number of aromatic nitrogens is 3. The number of aryl methyl sites for hydroxylation is 1. The Bertz CT molecular complexity index is 1170. The summed E-state index contributed by atoms with van der Waals surface area (Å²) in [5, 5.41) is 39.5. The first kappa shape index (κ1) is 25.3. The molecule has 194 valence electrons. The molecule has 9 nitrogen and oxygen atoms in total. The van der Waals surface area contributed by atoms with Crippen LogP contribution in [-0.4, -0.2) is 73.4 Å². The third-order valence-corrected chi connectivity index (χ3v) is 8.33. The lowest BCUT2D eigenvalue weighted by molar-refractivity contribution is -0.0601. The van der Waals surface area contributed by atoms with Gasteiger partial charge in [0, 0.05) is 19.1 Å². The maximum absolute atomic E-state index is 10.8. The van der Waals surface area contributed by atoms with Crippen LogP contribution in [0.5, 0.6) is 0 Å².